The van der Waals surface area contributed by atoms with Crippen LogP contribution in [0.5, 0.6) is 5.88 Å². The van der Waals surface area contributed by atoms with E-state index in [2.05, 4.69) is 29.8 Å². The molecule has 6 rings (SSSR count). The summed E-state index contributed by atoms with van der Waals surface area (Å²) < 4.78 is 66.8. The van der Waals surface area contributed by atoms with Crippen LogP contribution in [0.15, 0.2) is 30.6 Å². The normalized spacial score (nSPS) is 20.1. The van der Waals surface area contributed by atoms with Gasteiger partial charge in [-0.15, -0.1) is 0 Å². The van der Waals surface area contributed by atoms with E-state index in [9.17, 15) is 17.6 Å². The van der Waals surface area contributed by atoms with Gasteiger partial charge in [0.05, 0.1) is 18.3 Å². The largest absolute Gasteiger partial charge is 0.415 e. The van der Waals surface area contributed by atoms with E-state index in [1.54, 1.807) is 0 Å². The van der Waals surface area contributed by atoms with Gasteiger partial charge < -0.3 is 9.47 Å². The average Bonchev–Trinajstić information content (AvgIpc) is 3.60. The van der Waals surface area contributed by atoms with E-state index in [-0.39, 0.29) is 40.1 Å². The third-order valence-electron chi connectivity index (χ3n) is 6.63. The molecule has 2 aliphatic rings. The lowest BCUT2D eigenvalue weighted by Gasteiger charge is -2.28. The van der Waals surface area contributed by atoms with Crippen molar-refractivity contribution in [3.8, 4) is 17.1 Å². The first-order valence-corrected chi connectivity index (χ1v) is 12.0. The second-order valence-corrected chi connectivity index (χ2v) is 9.29. The van der Waals surface area contributed by atoms with E-state index in [4.69, 9.17) is 4.74 Å². The third-order valence-corrected chi connectivity index (χ3v) is 6.63. The second kappa shape index (κ2) is 9.33. The lowest BCUT2D eigenvalue weighted by molar-refractivity contribution is -0.0534. The summed E-state index contributed by atoms with van der Waals surface area (Å²) in [7, 11) is 0. The van der Waals surface area contributed by atoms with Gasteiger partial charge in [0.15, 0.2) is 5.65 Å². The number of aromatic nitrogens is 6. The number of aryl methyl sites for hydroxylation is 1. The Balaban J connectivity index is 1.42. The van der Waals surface area contributed by atoms with Crippen LogP contribution in [0.2, 0.25) is 0 Å². The molecule has 192 valence electrons. The summed E-state index contributed by atoms with van der Waals surface area (Å²) in [5.41, 5.74) is 1.11. The summed E-state index contributed by atoms with van der Waals surface area (Å²) in [4.78, 5) is 17.6. The number of ether oxygens (including phenoxy) is 2. The molecule has 1 aliphatic heterocycles. The maximum atomic E-state index is 14.9. The number of benzene rings is 1. The molecule has 1 saturated heterocycles. The number of hydrogen-bond acceptors (Lipinski definition) is 7. The van der Waals surface area contributed by atoms with Gasteiger partial charge >= 0.3 is 6.61 Å². The zero-order chi connectivity index (χ0) is 25.7. The van der Waals surface area contributed by atoms with E-state index >= 15 is 0 Å². The van der Waals surface area contributed by atoms with Gasteiger partial charge in [0.25, 0.3) is 0 Å². The lowest BCUT2D eigenvalue weighted by atomic mass is 9.92. The van der Waals surface area contributed by atoms with E-state index < -0.39 is 24.1 Å². The Bertz CT molecular complexity index is 1480. The minimum Gasteiger partial charge on any atom is -0.415 e. The topological polar surface area (TPSA) is 87.8 Å². The van der Waals surface area contributed by atoms with Crippen molar-refractivity contribution in [1.82, 2.24) is 29.7 Å². The standard InChI is InChI=1S/C25H22F4N6O2/c1-12-24(37-25(28)29)33-21-20(17-5-2-15(26)9-18(17)27)32-22(34-23(21)31-12)13-6-7-36-19(8-13)14-10-30-35(11-14)16-3-4-16/h2,5,9-11,13,16,19,25H,3-4,6-8H2,1H3/t13-,19-/m0/s1. The van der Waals surface area contributed by atoms with Crippen LogP contribution >= 0.6 is 0 Å². The summed E-state index contributed by atoms with van der Waals surface area (Å²) in [6.07, 6.45) is 7.01. The lowest BCUT2D eigenvalue weighted by Crippen LogP contribution is -2.20. The van der Waals surface area contributed by atoms with Crippen molar-refractivity contribution in [2.75, 3.05) is 6.61 Å². The van der Waals surface area contributed by atoms with Crippen LogP contribution in [-0.4, -0.2) is 42.9 Å². The monoisotopic (exact) mass is 514 g/mol. The van der Waals surface area contributed by atoms with Crippen molar-refractivity contribution in [3.63, 3.8) is 0 Å². The Morgan fingerprint density at radius 2 is 1.92 bits per heavy atom. The van der Waals surface area contributed by atoms with E-state index in [1.165, 1.54) is 13.0 Å². The number of nitrogens with zero attached hydrogens (tertiary/aromatic N) is 6. The van der Waals surface area contributed by atoms with Crippen molar-refractivity contribution in [2.45, 2.75) is 57.3 Å². The molecule has 3 aromatic heterocycles. The fourth-order valence-electron chi connectivity index (χ4n) is 4.60. The second-order valence-electron chi connectivity index (χ2n) is 9.29. The quantitative estimate of drug-likeness (QED) is 0.317. The van der Waals surface area contributed by atoms with Gasteiger partial charge in [0.1, 0.15) is 34.4 Å². The van der Waals surface area contributed by atoms with Crippen molar-refractivity contribution in [2.24, 2.45) is 0 Å². The molecule has 0 radical (unpaired) electrons. The predicted molar refractivity (Wildman–Crippen MR) is 123 cm³/mol. The Morgan fingerprint density at radius 1 is 1.08 bits per heavy atom. The SMILES string of the molecule is Cc1nc2nc([C@H]3CCO[C@H](c4cnn(C5CC5)c4)C3)nc(-c3ccc(F)cc3F)c2nc1OC(F)F. The van der Waals surface area contributed by atoms with Crippen LogP contribution in [0.25, 0.3) is 22.4 Å². The maximum Gasteiger partial charge on any atom is 0.388 e. The Labute approximate surface area is 208 Å². The van der Waals surface area contributed by atoms with E-state index in [0.717, 1.165) is 30.5 Å². The van der Waals surface area contributed by atoms with E-state index in [0.29, 0.717) is 31.3 Å². The molecule has 0 amide bonds. The fraction of sp³-hybridized carbons (Fsp3) is 0.400. The molecule has 2 atom stereocenters. The molecular weight excluding hydrogens is 492 g/mol. The van der Waals surface area contributed by atoms with Crippen LogP contribution in [0.3, 0.4) is 0 Å². The first-order valence-electron chi connectivity index (χ1n) is 12.0. The van der Waals surface area contributed by atoms with Gasteiger partial charge in [-0.3, -0.25) is 4.68 Å². The number of hydrogen-bond donors (Lipinski definition) is 0. The Hall–Kier alpha value is -3.67. The zero-order valence-corrected chi connectivity index (χ0v) is 19.7. The summed E-state index contributed by atoms with van der Waals surface area (Å²) in [5.74, 6) is -1.81. The van der Waals surface area contributed by atoms with Gasteiger partial charge in [0.2, 0.25) is 5.88 Å². The molecule has 37 heavy (non-hydrogen) atoms. The minimum absolute atomic E-state index is 0.0220. The molecule has 0 spiro atoms. The molecule has 1 saturated carbocycles. The molecule has 1 aromatic carbocycles. The highest BCUT2D eigenvalue weighted by atomic mass is 19.3. The van der Waals surface area contributed by atoms with Crippen LogP contribution in [-0.2, 0) is 4.74 Å². The van der Waals surface area contributed by atoms with Gasteiger partial charge in [-0.1, -0.05) is 0 Å². The molecule has 1 aliphatic carbocycles. The Kier molecular flexibility index (Phi) is 5.98. The van der Waals surface area contributed by atoms with Gasteiger partial charge in [-0.25, -0.2) is 28.7 Å². The van der Waals surface area contributed by atoms with Gasteiger partial charge in [-0.2, -0.15) is 13.9 Å². The number of halogens is 4. The smallest absolute Gasteiger partial charge is 0.388 e. The molecule has 2 fully saturated rings. The first kappa shape index (κ1) is 23.7. The van der Waals surface area contributed by atoms with Crippen LogP contribution in [0, 0.1) is 18.6 Å². The molecular formula is C25H22F4N6O2. The predicted octanol–water partition coefficient (Wildman–Crippen LogP) is 5.44. The first-order chi connectivity index (χ1) is 17.9. The average molecular weight is 514 g/mol. The molecule has 0 N–H and O–H groups in total. The van der Waals surface area contributed by atoms with Gasteiger partial charge in [-0.05, 0) is 44.7 Å². The van der Waals surface area contributed by atoms with Crippen molar-refractivity contribution >= 4 is 11.2 Å². The number of fused-ring (bicyclic) bond motifs is 1. The summed E-state index contributed by atoms with van der Waals surface area (Å²) in [5, 5.41) is 4.45. The molecule has 12 heteroatoms. The molecule has 0 unspecified atom stereocenters. The molecule has 8 nitrogen and oxygen atoms in total. The molecule has 4 aromatic rings. The summed E-state index contributed by atoms with van der Waals surface area (Å²) >= 11 is 0. The zero-order valence-electron chi connectivity index (χ0n) is 19.7. The van der Waals surface area contributed by atoms with E-state index in [1.807, 2.05) is 17.1 Å². The summed E-state index contributed by atoms with van der Waals surface area (Å²) in [6, 6.07) is 3.49. The molecule has 4 heterocycles. The number of alkyl halides is 2. The van der Waals surface area contributed by atoms with Crippen LogP contribution < -0.4 is 4.74 Å². The van der Waals surface area contributed by atoms with Crippen LogP contribution in [0.1, 0.15) is 60.8 Å². The maximum absolute atomic E-state index is 14.9. The highest BCUT2D eigenvalue weighted by molar-refractivity contribution is 5.87. The van der Waals surface area contributed by atoms with Crippen molar-refractivity contribution in [3.05, 3.63) is 59.3 Å². The van der Waals surface area contributed by atoms with Crippen molar-refractivity contribution in [1.29, 1.82) is 0 Å². The molecule has 0 bridgehead atoms. The van der Waals surface area contributed by atoms with Gasteiger partial charge in [0, 0.05) is 35.9 Å². The highest BCUT2D eigenvalue weighted by Gasteiger charge is 2.31. The highest BCUT2D eigenvalue weighted by Crippen LogP contribution is 2.40. The number of rotatable bonds is 6. The minimum atomic E-state index is -3.12. The van der Waals surface area contributed by atoms with Crippen molar-refractivity contribution < 1.29 is 27.0 Å². The fourth-order valence-corrected chi connectivity index (χ4v) is 4.60. The Morgan fingerprint density at radius 3 is 2.68 bits per heavy atom. The van der Waals surface area contributed by atoms with Crippen LogP contribution in [0.4, 0.5) is 17.6 Å². The summed E-state index contributed by atoms with van der Waals surface area (Å²) in [6.45, 7) is -1.20. The third kappa shape index (κ3) is 4.73.